The zero-order valence-electron chi connectivity index (χ0n) is 16.8. The Labute approximate surface area is 170 Å². The Bertz CT molecular complexity index is 926. The Morgan fingerprint density at radius 1 is 1.17 bits per heavy atom. The number of urea groups is 1. The van der Waals surface area contributed by atoms with E-state index in [1.165, 1.54) is 12.7 Å². The van der Waals surface area contributed by atoms with Crippen LogP contribution < -0.4 is 15.4 Å². The van der Waals surface area contributed by atoms with E-state index in [9.17, 15) is 14.4 Å². The van der Waals surface area contributed by atoms with E-state index in [2.05, 4.69) is 17.6 Å². The number of nitrogens with one attached hydrogen (secondary N) is 2. The fourth-order valence-corrected chi connectivity index (χ4v) is 3.37. The summed E-state index contributed by atoms with van der Waals surface area (Å²) in [5.74, 6) is -0.326. The summed E-state index contributed by atoms with van der Waals surface area (Å²) in [5.41, 5.74) is 1.19. The van der Waals surface area contributed by atoms with Crippen molar-refractivity contribution < 1.29 is 19.1 Å². The average molecular weight is 395 g/mol. The molecule has 0 saturated carbocycles. The van der Waals surface area contributed by atoms with Crippen molar-refractivity contribution in [1.82, 2.24) is 10.2 Å². The molecule has 2 aromatic rings. The van der Waals surface area contributed by atoms with Gasteiger partial charge in [0.25, 0.3) is 5.91 Å². The number of carbonyl (C=O) groups excluding carboxylic acids is 3. The van der Waals surface area contributed by atoms with Crippen molar-refractivity contribution in [3.8, 4) is 5.75 Å². The molecule has 0 bridgehead atoms. The van der Waals surface area contributed by atoms with Crippen LogP contribution >= 0.6 is 0 Å². The summed E-state index contributed by atoms with van der Waals surface area (Å²) < 4.78 is 5.12. The number of hydrogen-bond acceptors (Lipinski definition) is 4. The van der Waals surface area contributed by atoms with Crippen molar-refractivity contribution in [2.24, 2.45) is 0 Å². The summed E-state index contributed by atoms with van der Waals surface area (Å²) in [6.07, 6.45) is 1.98. The van der Waals surface area contributed by atoms with Crippen LogP contribution in [-0.4, -0.2) is 36.4 Å². The molecule has 7 nitrogen and oxygen atoms in total. The Kier molecular flexibility index (Phi) is 5.87. The number of ether oxygens (including phenoxy) is 1. The number of nitrogens with zero attached hydrogens (tertiary/aromatic N) is 1. The number of anilines is 1. The molecule has 1 atom stereocenters. The molecule has 0 radical (unpaired) electrons. The van der Waals surface area contributed by atoms with Gasteiger partial charge in [-0.05, 0) is 36.6 Å². The molecule has 0 spiro atoms. The highest BCUT2D eigenvalue weighted by atomic mass is 16.5. The fraction of sp³-hybridized carbons (Fsp3) is 0.318. The summed E-state index contributed by atoms with van der Waals surface area (Å²) in [4.78, 5) is 38.7. The monoisotopic (exact) mass is 395 g/mol. The topological polar surface area (TPSA) is 87.7 Å². The predicted molar refractivity (Wildman–Crippen MR) is 110 cm³/mol. The molecule has 4 amide bonds. The van der Waals surface area contributed by atoms with Crippen LogP contribution in [0.2, 0.25) is 0 Å². The first kappa shape index (κ1) is 20.4. The first-order valence-electron chi connectivity index (χ1n) is 9.55. The summed E-state index contributed by atoms with van der Waals surface area (Å²) in [6, 6.07) is 13.9. The van der Waals surface area contributed by atoms with Gasteiger partial charge in [0, 0.05) is 11.8 Å². The first-order chi connectivity index (χ1) is 13.9. The second kappa shape index (κ2) is 8.34. The minimum Gasteiger partial charge on any atom is -0.497 e. The Balaban J connectivity index is 1.71. The molecule has 2 N–H and O–H groups in total. The van der Waals surface area contributed by atoms with Crippen LogP contribution in [0.5, 0.6) is 5.75 Å². The molecule has 29 heavy (non-hydrogen) atoms. The van der Waals surface area contributed by atoms with Crippen LogP contribution in [0, 0.1) is 0 Å². The van der Waals surface area contributed by atoms with Gasteiger partial charge in [0.2, 0.25) is 5.91 Å². The van der Waals surface area contributed by atoms with Crippen LogP contribution in [0.1, 0.15) is 31.4 Å². The average Bonchev–Trinajstić information content (AvgIpc) is 2.93. The van der Waals surface area contributed by atoms with Gasteiger partial charge in [-0.1, -0.05) is 43.7 Å². The summed E-state index contributed by atoms with van der Waals surface area (Å²) in [5, 5.41) is 5.40. The van der Waals surface area contributed by atoms with Gasteiger partial charge in [0.05, 0.1) is 7.11 Å². The number of hydrogen-bond donors (Lipinski definition) is 2. The lowest BCUT2D eigenvalue weighted by atomic mass is 9.91. The number of aryl methyl sites for hydroxylation is 1. The molecule has 0 aromatic heterocycles. The number of imide groups is 1. The van der Waals surface area contributed by atoms with E-state index in [0.29, 0.717) is 17.0 Å². The lowest BCUT2D eigenvalue weighted by molar-refractivity contribution is -0.133. The SMILES string of the molecule is CCCc1ccc([C@]2(C)NC(=O)N(CC(=O)Nc3cccc(OC)c3)C2=O)cc1. The second-order valence-electron chi connectivity index (χ2n) is 7.17. The van der Waals surface area contributed by atoms with Gasteiger partial charge >= 0.3 is 6.03 Å². The lowest BCUT2D eigenvalue weighted by Crippen LogP contribution is -2.42. The molecule has 1 saturated heterocycles. The van der Waals surface area contributed by atoms with E-state index in [1.54, 1.807) is 31.2 Å². The zero-order chi connectivity index (χ0) is 21.0. The van der Waals surface area contributed by atoms with Crippen molar-refractivity contribution in [3.05, 3.63) is 59.7 Å². The largest absolute Gasteiger partial charge is 0.497 e. The summed E-state index contributed by atoms with van der Waals surface area (Å²) in [7, 11) is 1.53. The van der Waals surface area contributed by atoms with Crippen molar-refractivity contribution in [1.29, 1.82) is 0 Å². The third kappa shape index (κ3) is 4.23. The normalized spacial score (nSPS) is 18.5. The van der Waals surface area contributed by atoms with Crippen molar-refractivity contribution in [2.75, 3.05) is 19.0 Å². The van der Waals surface area contributed by atoms with E-state index < -0.39 is 23.4 Å². The van der Waals surface area contributed by atoms with Gasteiger partial charge in [-0.15, -0.1) is 0 Å². The molecule has 1 heterocycles. The van der Waals surface area contributed by atoms with Crippen molar-refractivity contribution >= 4 is 23.5 Å². The minimum absolute atomic E-state index is 0.370. The summed E-state index contributed by atoms with van der Waals surface area (Å²) >= 11 is 0. The van der Waals surface area contributed by atoms with E-state index in [4.69, 9.17) is 4.74 Å². The van der Waals surface area contributed by atoms with E-state index in [0.717, 1.165) is 17.7 Å². The third-order valence-corrected chi connectivity index (χ3v) is 5.00. The third-order valence-electron chi connectivity index (χ3n) is 5.00. The number of rotatable bonds is 7. The molecule has 0 aliphatic carbocycles. The Hall–Kier alpha value is -3.35. The van der Waals surface area contributed by atoms with Crippen LogP contribution in [-0.2, 0) is 21.5 Å². The molecule has 1 fully saturated rings. The van der Waals surface area contributed by atoms with Gasteiger partial charge in [0.1, 0.15) is 17.8 Å². The molecule has 7 heteroatoms. The van der Waals surface area contributed by atoms with Crippen LogP contribution in [0.15, 0.2) is 48.5 Å². The quantitative estimate of drug-likeness (QED) is 0.706. The second-order valence-corrected chi connectivity index (χ2v) is 7.17. The standard InChI is InChI=1S/C22H25N3O4/c1-4-6-15-9-11-16(12-10-15)22(2)20(27)25(21(28)24-22)14-19(26)23-17-7-5-8-18(13-17)29-3/h5,7-13H,4,6,14H2,1-3H3,(H,23,26)(H,24,28)/t22-/m0/s1. The lowest BCUT2D eigenvalue weighted by Gasteiger charge is -2.22. The highest BCUT2D eigenvalue weighted by Crippen LogP contribution is 2.29. The van der Waals surface area contributed by atoms with Crippen LogP contribution in [0.3, 0.4) is 0 Å². The van der Waals surface area contributed by atoms with E-state index >= 15 is 0 Å². The molecule has 1 aliphatic heterocycles. The Morgan fingerprint density at radius 2 is 1.90 bits per heavy atom. The molecule has 2 aromatic carbocycles. The number of amides is 4. The van der Waals surface area contributed by atoms with E-state index in [-0.39, 0.29) is 6.54 Å². The zero-order valence-corrected chi connectivity index (χ0v) is 16.8. The smallest absolute Gasteiger partial charge is 0.325 e. The summed E-state index contributed by atoms with van der Waals surface area (Å²) in [6.45, 7) is 3.39. The van der Waals surface area contributed by atoms with Gasteiger partial charge in [-0.2, -0.15) is 0 Å². The molecule has 3 rings (SSSR count). The molecular weight excluding hydrogens is 370 g/mol. The number of methoxy groups -OCH3 is 1. The van der Waals surface area contributed by atoms with Crippen LogP contribution in [0.4, 0.5) is 10.5 Å². The van der Waals surface area contributed by atoms with E-state index in [1.807, 2.05) is 24.3 Å². The van der Waals surface area contributed by atoms with Crippen molar-refractivity contribution in [3.63, 3.8) is 0 Å². The Morgan fingerprint density at radius 3 is 2.55 bits per heavy atom. The molecule has 152 valence electrons. The first-order valence-corrected chi connectivity index (χ1v) is 9.55. The minimum atomic E-state index is -1.20. The van der Waals surface area contributed by atoms with Gasteiger partial charge in [-0.3, -0.25) is 14.5 Å². The molecule has 0 unspecified atom stereocenters. The number of carbonyl (C=O) groups is 3. The van der Waals surface area contributed by atoms with Crippen molar-refractivity contribution in [2.45, 2.75) is 32.2 Å². The maximum Gasteiger partial charge on any atom is 0.325 e. The maximum atomic E-state index is 13.0. The maximum absolute atomic E-state index is 13.0. The number of benzene rings is 2. The fourth-order valence-electron chi connectivity index (χ4n) is 3.37. The molecule has 1 aliphatic rings. The highest BCUT2D eigenvalue weighted by Gasteiger charge is 2.49. The highest BCUT2D eigenvalue weighted by molar-refractivity contribution is 6.10. The molecular formula is C22H25N3O4. The van der Waals surface area contributed by atoms with Gasteiger partial charge in [0.15, 0.2) is 0 Å². The predicted octanol–water partition coefficient (Wildman–Crippen LogP) is 3.05. The van der Waals surface area contributed by atoms with Gasteiger partial charge in [-0.25, -0.2) is 4.79 Å². The van der Waals surface area contributed by atoms with Crippen LogP contribution in [0.25, 0.3) is 0 Å². The van der Waals surface area contributed by atoms with Gasteiger partial charge < -0.3 is 15.4 Å².